The Morgan fingerprint density at radius 1 is 0.966 bits per heavy atom. The summed E-state index contributed by atoms with van der Waals surface area (Å²) in [7, 11) is 0. The molecule has 0 aliphatic rings. The van der Waals surface area contributed by atoms with Crippen LogP contribution in [-0.4, -0.2) is 20.4 Å². The number of rotatable bonds is 3. The van der Waals surface area contributed by atoms with Crippen LogP contribution in [-0.2, 0) is 17.3 Å². The molecule has 152 valence electrons. The second kappa shape index (κ2) is 6.34. The second-order valence-electron chi connectivity index (χ2n) is 9.97. The van der Waals surface area contributed by atoms with Crippen molar-refractivity contribution in [2.24, 2.45) is 0 Å². The standard InChI is InChI=1S/C24H31N5/c1-13-8-9-17-16(12-26-27-17)20(13)24(6,7)11-15-10-18-19(22(25)29-28-18)21(14(15)2)23(3,4)5/h8-10,12H,11H2,1-7H3,(H,26,27)(H3,25,28,29). The number of nitrogen functional groups attached to an aromatic ring is 1. The number of aryl methyl sites for hydroxylation is 1. The topological polar surface area (TPSA) is 83.4 Å². The fraction of sp³-hybridized carbons (Fsp3) is 0.417. The molecule has 4 rings (SSSR count). The van der Waals surface area contributed by atoms with E-state index >= 15 is 0 Å². The van der Waals surface area contributed by atoms with Crippen LogP contribution >= 0.6 is 0 Å². The van der Waals surface area contributed by atoms with E-state index in [9.17, 15) is 0 Å². The van der Waals surface area contributed by atoms with Crippen molar-refractivity contribution in [1.82, 2.24) is 20.4 Å². The first-order chi connectivity index (χ1) is 13.5. The van der Waals surface area contributed by atoms with Crippen LogP contribution < -0.4 is 5.73 Å². The maximum Gasteiger partial charge on any atom is 0.153 e. The summed E-state index contributed by atoms with van der Waals surface area (Å²) in [6, 6.07) is 6.53. The van der Waals surface area contributed by atoms with Gasteiger partial charge in [-0.15, -0.1) is 0 Å². The molecule has 0 atom stereocenters. The number of anilines is 1. The quantitative estimate of drug-likeness (QED) is 0.435. The predicted octanol–water partition coefficient (Wildman–Crippen LogP) is 5.46. The smallest absolute Gasteiger partial charge is 0.153 e. The molecule has 0 bridgehead atoms. The van der Waals surface area contributed by atoms with E-state index in [-0.39, 0.29) is 10.8 Å². The highest BCUT2D eigenvalue weighted by atomic mass is 15.1. The number of nitrogens with two attached hydrogens (primary N) is 1. The van der Waals surface area contributed by atoms with Gasteiger partial charge in [-0.2, -0.15) is 10.2 Å². The summed E-state index contributed by atoms with van der Waals surface area (Å²) in [5, 5.41) is 17.1. The van der Waals surface area contributed by atoms with Crippen LogP contribution in [0, 0.1) is 13.8 Å². The van der Waals surface area contributed by atoms with E-state index in [1.54, 1.807) is 0 Å². The van der Waals surface area contributed by atoms with Gasteiger partial charge in [-0.05, 0) is 71.0 Å². The normalized spacial score (nSPS) is 12.9. The van der Waals surface area contributed by atoms with Gasteiger partial charge in [-0.3, -0.25) is 10.2 Å². The third-order valence-corrected chi connectivity index (χ3v) is 6.14. The highest BCUT2D eigenvalue weighted by molar-refractivity contribution is 5.94. The maximum atomic E-state index is 6.23. The van der Waals surface area contributed by atoms with Gasteiger partial charge in [0.1, 0.15) is 0 Å². The van der Waals surface area contributed by atoms with E-state index in [1.807, 2.05) is 6.20 Å². The second-order valence-corrected chi connectivity index (χ2v) is 9.97. The Kier molecular flexibility index (Phi) is 4.26. The Morgan fingerprint density at radius 2 is 1.69 bits per heavy atom. The van der Waals surface area contributed by atoms with Crippen molar-refractivity contribution < 1.29 is 0 Å². The van der Waals surface area contributed by atoms with Crippen molar-refractivity contribution in [3.63, 3.8) is 0 Å². The molecular formula is C24H31N5. The fourth-order valence-corrected chi connectivity index (χ4v) is 5.08. The molecule has 2 aromatic heterocycles. The van der Waals surface area contributed by atoms with E-state index < -0.39 is 0 Å². The van der Waals surface area contributed by atoms with Gasteiger partial charge in [0.2, 0.25) is 0 Å². The van der Waals surface area contributed by atoms with E-state index in [0.29, 0.717) is 5.82 Å². The Bertz CT molecular complexity index is 1220. The SMILES string of the molecule is Cc1ccc2[nH]ncc2c1C(C)(C)Cc1cc2[nH]nc(N)c2c(C(C)(C)C)c1C. The summed E-state index contributed by atoms with van der Waals surface area (Å²) < 4.78 is 0. The van der Waals surface area contributed by atoms with E-state index in [4.69, 9.17) is 5.73 Å². The Morgan fingerprint density at radius 3 is 2.38 bits per heavy atom. The summed E-state index contributed by atoms with van der Waals surface area (Å²) in [6.45, 7) is 15.8. The highest BCUT2D eigenvalue weighted by Crippen LogP contribution is 2.40. The molecule has 5 heteroatoms. The van der Waals surface area contributed by atoms with Gasteiger partial charge in [0, 0.05) is 10.8 Å². The summed E-state index contributed by atoms with van der Waals surface area (Å²) in [5.74, 6) is 0.581. The molecule has 5 nitrogen and oxygen atoms in total. The molecule has 2 aromatic carbocycles. The summed E-state index contributed by atoms with van der Waals surface area (Å²) >= 11 is 0. The molecule has 29 heavy (non-hydrogen) atoms. The maximum absolute atomic E-state index is 6.23. The zero-order chi connectivity index (χ0) is 21.1. The Balaban J connectivity index is 1.91. The molecule has 0 amide bonds. The van der Waals surface area contributed by atoms with Gasteiger partial charge >= 0.3 is 0 Å². The number of fused-ring (bicyclic) bond motifs is 2. The first-order valence-corrected chi connectivity index (χ1v) is 10.2. The van der Waals surface area contributed by atoms with Crippen molar-refractivity contribution in [1.29, 1.82) is 0 Å². The molecule has 2 heterocycles. The first kappa shape index (κ1) is 19.5. The number of hydrogen-bond acceptors (Lipinski definition) is 3. The van der Waals surface area contributed by atoms with Crippen molar-refractivity contribution in [3.05, 3.63) is 52.2 Å². The lowest BCUT2D eigenvalue weighted by molar-refractivity contribution is 0.520. The van der Waals surface area contributed by atoms with Gasteiger partial charge in [-0.25, -0.2) is 0 Å². The molecule has 0 radical (unpaired) electrons. The number of nitrogens with zero attached hydrogens (tertiary/aromatic N) is 2. The third-order valence-electron chi connectivity index (χ3n) is 6.14. The van der Waals surface area contributed by atoms with Crippen LogP contribution in [0.3, 0.4) is 0 Å². The molecular weight excluding hydrogens is 358 g/mol. The third kappa shape index (κ3) is 3.09. The zero-order valence-corrected chi connectivity index (χ0v) is 18.5. The van der Waals surface area contributed by atoms with Crippen molar-refractivity contribution in [2.45, 2.75) is 65.7 Å². The number of benzene rings is 2. The van der Waals surface area contributed by atoms with Crippen molar-refractivity contribution >= 4 is 27.6 Å². The highest BCUT2D eigenvalue weighted by Gasteiger charge is 2.30. The molecule has 0 fully saturated rings. The average Bonchev–Trinajstić information content (AvgIpc) is 3.21. The van der Waals surface area contributed by atoms with Crippen molar-refractivity contribution in [3.8, 4) is 0 Å². The monoisotopic (exact) mass is 389 g/mol. The van der Waals surface area contributed by atoms with Crippen molar-refractivity contribution in [2.75, 3.05) is 5.73 Å². The van der Waals surface area contributed by atoms with Gasteiger partial charge in [0.15, 0.2) is 5.82 Å². The van der Waals surface area contributed by atoms with E-state index in [0.717, 1.165) is 22.8 Å². The Hall–Kier alpha value is -2.82. The molecule has 4 aromatic rings. The van der Waals surface area contributed by atoms with Gasteiger partial charge in [0.05, 0.1) is 17.2 Å². The minimum Gasteiger partial charge on any atom is -0.382 e. The number of aromatic amines is 2. The van der Waals surface area contributed by atoms with Crippen LogP contribution in [0.5, 0.6) is 0 Å². The van der Waals surface area contributed by atoms with E-state index in [2.05, 4.69) is 87.1 Å². The molecule has 0 spiro atoms. The zero-order valence-electron chi connectivity index (χ0n) is 18.5. The first-order valence-electron chi connectivity index (χ1n) is 10.2. The minimum absolute atomic E-state index is 0.0268. The molecule has 0 unspecified atom stereocenters. The fourth-order valence-electron chi connectivity index (χ4n) is 5.08. The van der Waals surface area contributed by atoms with Crippen LogP contribution in [0.15, 0.2) is 24.4 Å². The number of hydrogen-bond donors (Lipinski definition) is 3. The van der Waals surface area contributed by atoms with Gasteiger partial charge in [-0.1, -0.05) is 40.7 Å². The molecule has 0 aliphatic heterocycles. The summed E-state index contributed by atoms with van der Waals surface area (Å²) in [4.78, 5) is 0. The number of nitrogens with one attached hydrogen (secondary N) is 2. The van der Waals surface area contributed by atoms with Crippen LogP contribution in [0.25, 0.3) is 21.8 Å². The number of H-pyrrole nitrogens is 2. The lowest BCUT2D eigenvalue weighted by Gasteiger charge is -2.31. The predicted molar refractivity (Wildman–Crippen MR) is 122 cm³/mol. The number of aromatic nitrogens is 4. The molecule has 0 saturated heterocycles. The average molecular weight is 390 g/mol. The van der Waals surface area contributed by atoms with E-state index in [1.165, 1.54) is 33.2 Å². The lowest BCUT2D eigenvalue weighted by atomic mass is 9.73. The molecule has 4 N–H and O–H groups in total. The lowest BCUT2D eigenvalue weighted by Crippen LogP contribution is -2.24. The molecule has 0 saturated carbocycles. The van der Waals surface area contributed by atoms with Crippen LogP contribution in [0.4, 0.5) is 5.82 Å². The minimum atomic E-state index is -0.0629. The molecule has 0 aliphatic carbocycles. The largest absolute Gasteiger partial charge is 0.382 e. The Labute approximate surface area is 172 Å². The summed E-state index contributed by atoms with van der Waals surface area (Å²) in [6.07, 6.45) is 2.87. The summed E-state index contributed by atoms with van der Waals surface area (Å²) in [5.41, 5.74) is 14.8. The van der Waals surface area contributed by atoms with Crippen LogP contribution in [0.1, 0.15) is 62.4 Å². The van der Waals surface area contributed by atoms with Crippen LogP contribution in [0.2, 0.25) is 0 Å². The van der Waals surface area contributed by atoms with Gasteiger partial charge in [0.25, 0.3) is 0 Å². The van der Waals surface area contributed by atoms with Gasteiger partial charge < -0.3 is 5.73 Å².